The van der Waals surface area contributed by atoms with Gasteiger partial charge in [-0.3, -0.25) is 4.79 Å². The van der Waals surface area contributed by atoms with Crippen molar-refractivity contribution in [3.63, 3.8) is 0 Å². The third kappa shape index (κ3) is 3.74. The van der Waals surface area contributed by atoms with E-state index in [1.807, 2.05) is 74.4 Å². The van der Waals surface area contributed by atoms with Crippen molar-refractivity contribution in [1.82, 2.24) is 25.5 Å². The Hall–Kier alpha value is -3.30. The van der Waals surface area contributed by atoms with Crippen molar-refractivity contribution < 1.29 is 14.3 Å². The van der Waals surface area contributed by atoms with Crippen molar-refractivity contribution in [2.75, 3.05) is 32.2 Å². The van der Waals surface area contributed by atoms with Crippen LogP contribution in [0.2, 0.25) is 0 Å². The van der Waals surface area contributed by atoms with Crippen molar-refractivity contribution in [3.8, 4) is 11.4 Å². The number of amides is 1. The Morgan fingerprint density at radius 1 is 1.03 bits per heavy atom. The van der Waals surface area contributed by atoms with Crippen LogP contribution >= 0.6 is 0 Å². The molecule has 2 aliphatic rings. The maximum atomic E-state index is 12.7. The van der Waals surface area contributed by atoms with E-state index in [1.54, 1.807) is 4.68 Å². The van der Waals surface area contributed by atoms with Gasteiger partial charge in [0, 0.05) is 30.9 Å². The van der Waals surface area contributed by atoms with Crippen LogP contribution in [-0.2, 0) is 9.47 Å². The minimum absolute atomic E-state index is 0.129. The van der Waals surface area contributed by atoms with E-state index in [9.17, 15) is 4.79 Å². The number of aryl methyl sites for hydroxylation is 1. The van der Waals surface area contributed by atoms with Gasteiger partial charge in [-0.05, 0) is 53.7 Å². The van der Waals surface area contributed by atoms with E-state index in [-0.39, 0.29) is 30.2 Å². The lowest BCUT2D eigenvalue weighted by Crippen LogP contribution is -2.44. The summed E-state index contributed by atoms with van der Waals surface area (Å²) in [4.78, 5) is 14.7. The lowest BCUT2D eigenvalue weighted by Gasteiger charge is -2.18. The second kappa shape index (κ2) is 8.33. The number of carbonyl (C=O) groups excluding carboxylic acids is 1. The molecule has 1 N–H and O–H groups in total. The molecule has 1 aromatic heterocycles. The fraction of sp³-hybridized carbons (Fsp3) is 0.391. The zero-order valence-corrected chi connectivity index (χ0v) is 18.3. The highest BCUT2D eigenvalue weighted by Gasteiger charge is 2.50. The van der Waals surface area contributed by atoms with Crippen LogP contribution in [0.1, 0.15) is 22.0 Å². The van der Waals surface area contributed by atoms with Gasteiger partial charge in [0.15, 0.2) is 5.82 Å². The third-order valence-electron chi connectivity index (χ3n) is 6.11. The van der Waals surface area contributed by atoms with Gasteiger partial charge < -0.3 is 19.7 Å². The number of benzene rings is 2. The van der Waals surface area contributed by atoms with Gasteiger partial charge >= 0.3 is 0 Å². The summed E-state index contributed by atoms with van der Waals surface area (Å²) in [5.41, 5.74) is 3.76. The molecule has 2 aromatic carbocycles. The van der Waals surface area contributed by atoms with Crippen molar-refractivity contribution in [3.05, 3.63) is 59.7 Å². The Bertz CT molecular complexity index is 1100. The van der Waals surface area contributed by atoms with Crippen LogP contribution in [0, 0.1) is 6.92 Å². The van der Waals surface area contributed by atoms with Gasteiger partial charge in [-0.15, -0.1) is 5.10 Å². The molecule has 3 aromatic rings. The van der Waals surface area contributed by atoms with E-state index in [0.717, 1.165) is 16.8 Å². The van der Waals surface area contributed by atoms with E-state index >= 15 is 0 Å². The summed E-state index contributed by atoms with van der Waals surface area (Å²) >= 11 is 0. The van der Waals surface area contributed by atoms with E-state index in [2.05, 4.69) is 20.8 Å². The number of carbonyl (C=O) groups is 1. The minimum Gasteiger partial charge on any atom is -0.378 e. The molecule has 32 heavy (non-hydrogen) atoms. The second-order valence-electron chi connectivity index (χ2n) is 8.50. The number of aromatic nitrogens is 4. The molecule has 2 saturated heterocycles. The summed E-state index contributed by atoms with van der Waals surface area (Å²) in [6.45, 7) is 2.80. The highest BCUT2D eigenvalue weighted by molar-refractivity contribution is 5.94. The van der Waals surface area contributed by atoms with Gasteiger partial charge in [0.2, 0.25) is 0 Å². The van der Waals surface area contributed by atoms with Crippen LogP contribution < -0.4 is 10.2 Å². The number of anilines is 1. The highest BCUT2D eigenvalue weighted by atomic mass is 16.6. The van der Waals surface area contributed by atoms with Crippen LogP contribution in [0.5, 0.6) is 0 Å². The molecule has 1 amide bonds. The number of hydrogen-bond acceptors (Lipinski definition) is 7. The average molecular weight is 435 g/mol. The van der Waals surface area contributed by atoms with Crippen LogP contribution in [-0.4, -0.2) is 71.7 Å². The molecule has 0 radical (unpaired) electrons. The molecule has 0 bridgehead atoms. The molecule has 2 aliphatic heterocycles. The summed E-state index contributed by atoms with van der Waals surface area (Å²) in [5, 5.41) is 15.4. The highest BCUT2D eigenvalue weighted by Crippen LogP contribution is 2.36. The number of nitrogens with one attached hydrogen (secondary N) is 1. The van der Waals surface area contributed by atoms with Crippen LogP contribution in [0.25, 0.3) is 11.4 Å². The number of tetrazole rings is 1. The molecule has 9 heteroatoms. The van der Waals surface area contributed by atoms with Crippen molar-refractivity contribution in [2.24, 2.45) is 0 Å². The number of rotatable bonds is 5. The van der Waals surface area contributed by atoms with Crippen LogP contribution in [0.3, 0.4) is 0 Å². The van der Waals surface area contributed by atoms with E-state index in [1.165, 1.54) is 0 Å². The number of nitrogens with zero attached hydrogens (tertiary/aromatic N) is 5. The Kier molecular flexibility index (Phi) is 5.36. The average Bonchev–Trinajstić information content (AvgIpc) is 3.51. The minimum atomic E-state index is -0.248. The maximum Gasteiger partial charge on any atom is 0.251 e. The third-order valence-corrected chi connectivity index (χ3v) is 6.11. The quantitative estimate of drug-likeness (QED) is 0.655. The SMILES string of the molecule is Cc1ccc(C(=O)NC2COC3C2OCC3n2nnnc2-c2ccc(N(C)C)cc2)cc1. The van der Waals surface area contributed by atoms with E-state index in [4.69, 9.17) is 9.47 Å². The molecule has 0 spiro atoms. The van der Waals surface area contributed by atoms with Gasteiger partial charge in [0.1, 0.15) is 18.2 Å². The first-order valence-corrected chi connectivity index (χ1v) is 10.7. The summed E-state index contributed by atoms with van der Waals surface area (Å²) < 4.78 is 13.9. The van der Waals surface area contributed by atoms with E-state index in [0.29, 0.717) is 24.6 Å². The Morgan fingerprint density at radius 2 is 1.75 bits per heavy atom. The molecular weight excluding hydrogens is 408 g/mol. The van der Waals surface area contributed by atoms with Gasteiger partial charge in [0.05, 0.1) is 19.3 Å². The normalized spacial score (nSPS) is 24.3. The summed E-state index contributed by atoms with van der Waals surface area (Å²) in [6, 6.07) is 15.2. The van der Waals surface area contributed by atoms with E-state index < -0.39 is 0 Å². The number of fused-ring (bicyclic) bond motifs is 1. The summed E-state index contributed by atoms with van der Waals surface area (Å²) in [5.74, 6) is 0.538. The lowest BCUT2D eigenvalue weighted by molar-refractivity contribution is 0.0615. The first-order chi connectivity index (χ1) is 15.5. The predicted octanol–water partition coefficient (Wildman–Crippen LogP) is 1.85. The topological polar surface area (TPSA) is 94.4 Å². The summed E-state index contributed by atoms with van der Waals surface area (Å²) in [6.07, 6.45) is -0.482. The van der Waals surface area contributed by atoms with Crippen molar-refractivity contribution in [1.29, 1.82) is 0 Å². The summed E-state index contributed by atoms with van der Waals surface area (Å²) in [7, 11) is 4.00. The predicted molar refractivity (Wildman–Crippen MR) is 119 cm³/mol. The first kappa shape index (κ1) is 20.6. The molecular formula is C23H26N6O3. The zero-order valence-electron chi connectivity index (χ0n) is 18.3. The van der Waals surface area contributed by atoms with Crippen molar-refractivity contribution in [2.45, 2.75) is 31.2 Å². The van der Waals surface area contributed by atoms with Gasteiger partial charge in [-0.2, -0.15) is 0 Å². The maximum absolute atomic E-state index is 12.7. The smallest absolute Gasteiger partial charge is 0.251 e. The molecule has 4 atom stereocenters. The monoisotopic (exact) mass is 434 g/mol. The lowest BCUT2D eigenvalue weighted by atomic mass is 10.0. The Labute approximate surface area is 186 Å². The molecule has 5 rings (SSSR count). The largest absolute Gasteiger partial charge is 0.378 e. The molecule has 4 unspecified atom stereocenters. The molecule has 0 aliphatic carbocycles. The Balaban J connectivity index is 1.31. The fourth-order valence-electron chi connectivity index (χ4n) is 4.28. The van der Waals surface area contributed by atoms with Gasteiger partial charge in [-0.25, -0.2) is 4.68 Å². The fourth-order valence-corrected chi connectivity index (χ4v) is 4.28. The molecule has 9 nitrogen and oxygen atoms in total. The van der Waals surface area contributed by atoms with Gasteiger partial charge in [0.25, 0.3) is 5.91 Å². The molecule has 2 fully saturated rings. The van der Waals surface area contributed by atoms with Gasteiger partial charge in [-0.1, -0.05) is 17.7 Å². The number of ether oxygens (including phenoxy) is 2. The molecule has 0 saturated carbocycles. The van der Waals surface area contributed by atoms with Crippen molar-refractivity contribution >= 4 is 11.6 Å². The first-order valence-electron chi connectivity index (χ1n) is 10.7. The molecule has 3 heterocycles. The second-order valence-corrected chi connectivity index (χ2v) is 8.50. The van der Waals surface area contributed by atoms with Crippen LogP contribution in [0.4, 0.5) is 5.69 Å². The Morgan fingerprint density at radius 3 is 2.47 bits per heavy atom. The standard InChI is InChI=1S/C23H26N6O3/c1-14-4-6-16(7-5-14)23(30)24-18-12-31-21-19(13-32-20(18)21)29-22(25-26-27-29)15-8-10-17(11-9-15)28(2)3/h4-11,18-21H,12-13H2,1-3H3,(H,24,30). The van der Waals surface area contributed by atoms with Crippen LogP contribution in [0.15, 0.2) is 48.5 Å². The zero-order chi connectivity index (χ0) is 22.2. The molecule has 166 valence electrons. The number of hydrogen-bond donors (Lipinski definition) is 1.